The third-order valence-electron chi connectivity index (χ3n) is 3.04. The Balaban J connectivity index is 2.25. The van der Waals surface area contributed by atoms with Gasteiger partial charge in [-0.3, -0.25) is 0 Å². The van der Waals surface area contributed by atoms with E-state index >= 15 is 0 Å². The monoisotopic (exact) mass is 240 g/mol. The van der Waals surface area contributed by atoms with Gasteiger partial charge in [-0.05, 0) is 48.2 Å². The van der Waals surface area contributed by atoms with Crippen LogP contribution >= 0.6 is 0 Å². The fourth-order valence-corrected chi connectivity index (χ4v) is 1.93. The maximum Gasteiger partial charge on any atom is 0.0618 e. The second kappa shape index (κ2) is 5.13. The molecule has 3 N–H and O–H groups in total. The first-order chi connectivity index (χ1) is 8.56. The summed E-state index contributed by atoms with van der Waals surface area (Å²) in [5.74, 6) is 0.530. The molecule has 0 bridgehead atoms. The van der Waals surface area contributed by atoms with E-state index in [1.165, 1.54) is 11.1 Å². The minimum absolute atomic E-state index is 0.530. The second-order valence-electron chi connectivity index (χ2n) is 5.00. The highest BCUT2D eigenvalue weighted by molar-refractivity contribution is 5.73. The van der Waals surface area contributed by atoms with Gasteiger partial charge in [0.1, 0.15) is 0 Å². The molecule has 0 aromatic heterocycles. The number of hydrogen-bond acceptors (Lipinski definition) is 2. The zero-order valence-corrected chi connectivity index (χ0v) is 11.2. The average molecular weight is 240 g/mol. The fourth-order valence-electron chi connectivity index (χ4n) is 1.93. The summed E-state index contributed by atoms with van der Waals surface area (Å²) in [6.45, 7) is 6.43. The van der Waals surface area contributed by atoms with Crippen molar-refractivity contribution in [3.05, 3.63) is 53.6 Å². The van der Waals surface area contributed by atoms with Crippen LogP contribution in [0.2, 0.25) is 0 Å². The molecule has 0 unspecified atom stereocenters. The Hall–Kier alpha value is -1.96. The van der Waals surface area contributed by atoms with Crippen molar-refractivity contribution in [3.63, 3.8) is 0 Å². The van der Waals surface area contributed by atoms with E-state index in [2.05, 4.69) is 49.5 Å². The highest BCUT2D eigenvalue weighted by Gasteiger charge is 2.02. The van der Waals surface area contributed by atoms with Crippen molar-refractivity contribution in [3.8, 4) is 0 Å². The first kappa shape index (κ1) is 12.5. The lowest BCUT2D eigenvalue weighted by Crippen LogP contribution is -1.97. The fraction of sp³-hybridized carbons (Fsp3) is 0.250. The standard InChI is InChI=1S/C16H20N2/c1-11(2)13-5-4-6-14(10-13)18-16-8-7-12(3)9-15(16)17/h4-11,18H,17H2,1-3H3. The second-order valence-corrected chi connectivity index (χ2v) is 5.00. The lowest BCUT2D eigenvalue weighted by Gasteiger charge is -2.12. The molecular formula is C16H20N2. The number of hydrogen-bond donors (Lipinski definition) is 2. The number of anilines is 3. The Labute approximate surface area is 109 Å². The van der Waals surface area contributed by atoms with Crippen molar-refractivity contribution in [2.75, 3.05) is 11.1 Å². The van der Waals surface area contributed by atoms with E-state index in [0.717, 1.165) is 17.1 Å². The van der Waals surface area contributed by atoms with E-state index in [1.54, 1.807) is 0 Å². The molecular weight excluding hydrogens is 220 g/mol. The Bertz CT molecular complexity index is 545. The molecule has 0 amide bonds. The zero-order valence-electron chi connectivity index (χ0n) is 11.2. The predicted octanol–water partition coefficient (Wildman–Crippen LogP) is 4.44. The molecule has 2 aromatic carbocycles. The van der Waals surface area contributed by atoms with Crippen LogP contribution in [-0.4, -0.2) is 0 Å². The van der Waals surface area contributed by atoms with Crippen LogP contribution in [0, 0.1) is 6.92 Å². The predicted molar refractivity (Wildman–Crippen MR) is 79.4 cm³/mol. The highest BCUT2D eigenvalue weighted by Crippen LogP contribution is 2.26. The van der Waals surface area contributed by atoms with Crippen molar-refractivity contribution in [2.45, 2.75) is 26.7 Å². The molecule has 0 aliphatic heterocycles. The molecule has 94 valence electrons. The normalized spacial score (nSPS) is 10.7. The van der Waals surface area contributed by atoms with Gasteiger partial charge in [-0.2, -0.15) is 0 Å². The summed E-state index contributed by atoms with van der Waals surface area (Å²) < 4.78 is 0. The van der Waals surface area contributed by atoms with Gasteiger partial charge in [0, 0.05) is 5.69 Å². The minimum atomic E-state index is 0.530. The molecule has 0 radical (unpaired) electrons. The Morgan fingerprint density at radius 2 is 1.83 bits per heavy atom. The number of aryl methyl sites for hydroxylation is 1. The topological polar surface area (TPSA) is 38.0 Å². The van der Waals surface area contributed by atoms with Crippen LogP contribution in [0.15, 0.2) is 42.5 Å². The van der Waals surface area contributed by atoms with Gasteiger partial charge in [0.05, 0.1) is 11.4 Å². The summed E-state index contributed by atoms with van der Waals surface area (Å²) in [6.07, 6.45) is 0. The van der Waals surface area contributed by atoms with Crippen LogP contribution < -0.4 is 11.1 Å². The van der Waals surface area contributed by atoms with Crippen molar-refractivity contribution < 1.29 is 0 Å². The van der Waals surface area contributed by atoms with Gasteiger partial charge in [-0.25, -0.2) is 0 Å². The van der Waals surface area contributed by atoms with E-state index in [9.17, 15) is 0 Å². The number of nitrogens with two attached hydrogens (primary N) is 1. The molecule has 0 atom stereocenters. The molecule has 0 spiro atoms. The summed E-state index contributed by atoms with van der Waals surface area (Å²) >= 11 is 0. The molecule has 0 aliphatic rings. The SMILES string of the molecule is Cc1ccc(Nc2cccc(C(C)C)c2)c(N)c1. The maximum atomic E-state index is 6.00. The molecule has 2 aromatic rings. The number of nitrogen functional groups attached to an aromatic ring is 1. The van der Waals surface area contributed by atoms with E-state index in [4.69, 9.17) is 5.73 Å². The molecule has 0 heterocycles. The van der Waals surface area contributed by atoms with Crippen LogP contribution in [0.5, 0.6) is 0 Å². The first-order valence-electron chi connectivity index (χ1n) is 6.29. The lowest BCUT2D eigenvalue weighted by atomic mass is 10.0. The van der Waals surface area contributed by atoms with Crippen molar-refractivity contribution in [1.82, 2.24) is 0 Å². The molecule has 2 rings (SSSR count). The van der Waals surface area contributed by atoms with Crippen molar-refractivity contribution in [1.29, 1.82) is 0 Å². The largest absolute Gasteiger partial charge is 0.397 e. The third-order valence-corrected chi connectivity index (χ3v) is 3.04. The van der Waals surface area contributed by atoms with E-state index in [1.807, 2.05) is 19.1 Å². The molecule has 0 aliphatic carbocycles. The van der Waals surface area contributed by atoms with Gasteiger partial charge in [-0.15, -0.1) is 0 Å². The van der Waals surface area contributed by atoms with E-state index in [-0.39, 0.29) is 0 Å². The van der Waals surface area contributed by atoms with Crippen LogP contribution in [0.4, 0.5) is 17.1 Å². The number of benzene rings is 2. The smallest absolute Gasteiger partial charge is 0.0618 e. The van der Waals surface area contributed by atoms with Crippen LogP contribution in [0.25, 0.3) is 0 Å². The average Bonchev–Trinajstić information content (AvgIpc) is 2.33. The van der Waals surface area contributed by atoms with Crippen molar-refractivity contribution in [2.24, 2.45) is 0 Å². The van der Waals surface area contributed by atoms with Gasteiger partial charge in [0.25, 0.3) is 0 Å². The first-order valence-corrected chi connectivity index (χ1v) is 6.29. The highest BCUT2D eigenvalue weighted by atomic mass is 14.9. The molecule has 0 saturated carbocycles. The van der Waals surface area contributed by atoms with Crippen LogP contribution in [0.1, 0.15) is 30.9 Å². The Kier molecular flexibility index (Phi) is 3.56. The lowest BCUT2D eigenvalue weighted by molar-refractivity contribution is 0.867. The van der Waals surface area contributed by atoms with E-state index < -0.39 is 0 Å². The molecule has 18 heavy (non-hydrogen) atoms. The zero-order chi connectivity index (χ0) is 13.1. The Morgan fingerprint density at radius 3 is 2.50 bits per heavy atom. The summed E-state index contributed by atoms with van der Waals surface area (Å²) in [4.78, 5) is 0. The van der Waals surface area contributed by atoms with Gasteiger partial charge in [0.15, 0.2) is 0 Å². The van der Waals surface area contributed by atoms with Gasteiger partial charge in [0.2, 0.25) is 0 Å². The maximum absolute atomic E-state index is 6.00. The minimum Gasteiger partial charge on any atom is -0.397 e. The summed E-state index contributed by atoms with van der Waals surface area (Å²) in [6, 6.07) is 14.5. The Morgan fingerprint density at radius 1 is 1.06 bits per heavy atom. The van der Waals surface area contributed by atoms with Crippen LogP contribution in [-0.2, 0) is 0 Å². The third kappa shape index (κ3) is 2.83. The summed E-state index contributed by atoms with van der Waals surface area (Å²) in [5.41, 5.74) is 11.3. The van der Waals surface area contributed by atoms with Gasteiger partial charge in [-0.1, -0.05) is 32.0 Å². The summed E-state index contributed by atoms with van der Waals surface area (Å²) in [7, 11) is 0. The van der Waals surface area contributed by atoms with Crippen LogP contribution in [0.3, 0.4) is 0 Å². The quantitative estimate of drug-likeness (QED) is 0.778. The van der Waals surface area contributed by atoms with E-state index in [0.29, 0.717) is 5.92 Å². The summed E-state index contributed by atoms with van der Waals surface area (Å²) in [5, 5.41) is 3.37. The molecule has 2 nitrogen and oxygen atoms in total. The van der Waals surface area contributed by atoms with Crippen molar-refractivity contribution >= 4 is 17.1 Å². The molecule has 0 fully saturated rings. The number of nitrogens with one attached hydrogen (secondary N) is 1. The molecule has 2 heteroatoms. The number of rotatable bonds is 3. The molecule has 0 saturated heterocycles. The van der Waals surface area contributed by atoms with Gasteiger partial charge < -0.3 is 11.1 Å². The van der Waals surface area contributed by atoms with Gasteiger partial charge >= 0.3 is 0 Å².